The summed E-state index contributed by atoms with van der Waals surface area (Å²) in [5.74, 6) is 0. The molecule has 1 aromatic heterocycles. The first-order chi connectivity index (χ1) is 6.57. The molecule has 1 saturated heterocycles. The molecule has 0 amide bonds. The molecule has 1 N–H and O–H groups in total. The Morgan fingerprint density at radius 1 is 1.50 bits per heavy atom. The number of hydrogen-bond acceptors (Lipinski definition) is 2. The fourth-order valence-electron chi connectivity index (χ4n) is 1.55. The number of nitrogens with one attached hydrogen (secondary N) is 1. The summed E-state index contributed by atoms with van der Waals surface area (Å²) >= 11 is 0. The smallest absolute Gasteiger partial charge is 0.315 e. The van der Waals surface area contributed by atoms with Crippen molar-refractivity contribution in [2.45, 2.75) is 18.6 Å². The molecule has 1 atom stereocenters. The zero-order valence-electron chi connectivity index (χ0n) is 7.38. The van der Waals surface area contributed by atoms with Crippen LogP contribution < -0.4 is 5.32 Å². The molecule has 0 bridgehead atoms. The molecule has 1 aromatic rings. The van der Waals surface area contributed by atoms with E-state index in [9.17, 15) is 13.2 Å². The van der Waals surface area contributed by atoms with Gasteiger partial charge in [0.15, 0.2) is 0 Å². The minimum atomic E-state index is -4.29. The third-order valence-corrected chi connectivity index (χ3v) is 2.34. The van der Waals surface area contributed by atoms with Crippen molar-refractivity contribution in [3.8, 4) is 0 Å². The first-order valence-corrected chi connectivity index (χ1v) is 4.39. The molecule has 1 aliphatic heterocycles. The highest BCUT2D eigenvalue weighted by molar-refractivity contribution is 5.09. The van der Waals surface area contributed by atoms with Crippen LogP contribution in [0.2, 0.25) is 0 Å². The standard InChI is InChI=1S/C8H10F3N3/c9-8(10,11)6-3-13-14(5-6)7-1-2-12-4-7/h3,5,7,12H,1-2,4H2. The SMILES string of the molecule is FC(F)(F)c1cnn(C2CCNC2)c1. The van der Waals surface area contributed by atoms with Gasteiger partial charge in [0.1, 0.15) is 0 Å². The largest absolute Gasteiger partial charge is 0.419 e. The van der Waals surface area contributed by atoms with Crippen molar-refractivity contribution in [2.24, 2.45) is 0 Å². The molecule has 1 fully saturated rings. The average molecular weight is 205 g/mol. The van der Waals surface area contributed by atoms with Crippen LogP contribution in [0, 0.1) is 0 Å². The van der Waals surface area contributed by atoms with Gasteiger partial charge in [-0.2, -0.15) is 18.3 Å². The topological polar surface area (TPSA) is 29.9 Å². The lowest BCUT2D eigenvalue weighted by Crippen LogP contribution is -2.13. The monoisotopic (exact) mass is 205 g/mol. The van der Waals surface area contributed by atoms with Gasteiger partial charge in [-0.05, 0) is 13.0 Å². The molecule has 14 heavy (non-hydrogen) atoms. The number of halogens is 3. The molecule has 2 rings (SSSR count). The second kappa shape index (κ2) is 3.27. The van der Waals surface area contributed by atoms with E-state index in [1.165, 1.54) is 4.68 Å². The van der Waals surface area contributed by atoms with Gasteiger partial charge in [-0.15, -0.1) is 0 Å². The minimum absolute atomic E-state index is 0.0612. The predicted molar refractivity (Wildman–Crippen MR) is 43.8 cm³/mol. The number of alkyl halides is 3. The molecule has 0 spiro atoms. The van der Waals surface area contributed by atoms with Crippen LogP contribution in [0.15, 0.2) is 12.4 Å². The van der Waals surface area contributed by atoms with Gasteiger partial charge >= 0.3 is 6.18 Å². The zero-order valence-corrected chi connectivity index (χ0v) is 7.38. The van der Waals surface area contributed by atoms with Gasteiger partial charge in [-0.3, -0.25) is 4.68 Å². The number of nitrogens with zero attached hydrogens (tertiary/aromatic N) is 2. The lowest BCUT2D eigenvalue weighted by atomic mass is 10.3. The van der Waals surface area contributed by atoms with E-state index in [-0.39, 0.29) is 6.04 Å². The molecule has 78 valence electrons. The fraction of sp³-hybridized carbons (Fsp3) is 0.625. The summed E-state index contributed by atoms with van der Waals surface area (Å²) in [4.78, 5) is 0. The van der Waals surface area contributed by atoms with E-state index in [0.29, 0.717) is 6.54 Å². The maximum Gasteiger partial charge on any atom is 0.419 e. The molecule has 0 aliphatic carbocycles. The van der Waals surface area contributed by atoms with Gasteiger partial charge in [0, 0.05) is 12.7 Å². The Kier molecular flexibility index (Phi) is 2.22. The highest BCUT2D eigenvalue weighted by Gasteiger charge is 2.33. The Morgan fingerprint density at radius 3 is 2.79 bits per heavy atom. The number of rotatable bonds is 1. The van der Waals surface area contributed by atoms with Crippen molar-refractivity contribution in [3.63, 3.8) is 0 Å². The molecule has 1 aliphatic rings. The van der Waals surface area contributed by atoms with E-state index >= 15 is 0 Å². The van der Waals surface area contributed by atoms with Gasteiger partial charge in [0.05, 0.1) is 17.8 Å². The summed E-state index contributed by atoms with van der Waals surface area (Å²) in [7, 11) is 0. The van der Waals surface area contributed by atoms with Gasteiger partial charge in [0.2, 0.25) is 0 Å². The normalized spacial score (nSPS) is 22.9. The molecule has 3 nitrogen and oxygen atoms in total. The van der Waals surface area contributed by atoms with E-state index in [4.69, 9.17) is 0 Å². The lowest BCUT2D eigenvalue weighted by Gasteiger charge is -2.08. The van der Waals surface area contributed by atoms with Crippen LogP contribution >= 0.6 is 0 Å². The quantitative estimate of drug-likeness (QED) is 0.751. The first-order valence-electron chi connectivity index (χ1n) is 4.39. The Labute approximate surface area is 78.9 Å². The third kappa shape index (κ3) is 1.75. The highest BCUT2D eigenvalue weighted by Crippen LogP contribution is 2.29. The second-order valence-corrected chi connectivity index (χ2v) is 3.35. The Bertz CT molecular complexity index is 312. The zero-order chi connectivity index (χ0) is 10.2. The van der Waals surface area contributed by atoms with Gasteiger partial charge in [0.25, 0.3) is 0 Å². The van der Waals surface area contributed by atoms with E-state index < -0.39 is 11.7 Å². The Hall–Kier alpha value is -1.04. The summed E-state index contributed by atoms with van der Waals surface area (Å²) in [6.45, 7) is 1.53. The lowest BCUT2D eigenvalue weighted by molar-refractivity contribution is -0.137. The van der Waals surface area contributed by atoms with Crippen molar-refractivity contribution >= 4 is 0 Å². The van der Waals surface area contributed by atoms with E-state index in [1.54, 1.807) is 0 Å². The van der Waals surface area contributed by atoms with Crippen LogP contribution in [-0.4, -0.2) is 22.9 Å². The molecule has 0 radical (unpaired) electrons. The summed E-state index contributed by atoms with van der Waals surface area (Å²) < 4.78 is 38.0. The van der Waals surface area contributed by atoms with Crippen LogP contribution in [-0.2, 0) is 6.18 Å². The van der Waals surface area contributed by atoms with Crippen LogP contribution in [0.3, 0.4) is 0 Å². The fourth-order valence-corrected chi connectivity index (χ4v) is 1.55. The van der Waals surface area contributed by atoms with Gasteiger partial charge in [-0.1, -0.05) is 0 Å². The van der Waals surface area contributed by atoms with E-state index in [0.717, 1.165) is 25.4 Å². The van der Waals surface area contributed by atoms with Crippen molar-refractivity contribution in [2.75, 3.05) is 13.1 Å². The van der Waals surface area contributed by atoms with Crippen LogP contribution in [0.4, 0.5) is 13.2 Å². The molecule has 0 aromatic carbocycles. The summed E-state index contributed by atoms with van der Waals surface area (Å²) in [5, 5.41) is 6.80. The molecular formula is C8H10F3N3. The Balaban J connectivity index is 2.17. The second-order valence-electron chi connectivity index (χ2n) is 3.35. The van der Waals surface area contributed by atoms with Crippen LogP contribution in [0.5, 0.6) is 0 Å². The Morgan fingerprint density at radius 2 is 2.29 bits per heavy atom. The summed E-state index contributed by atoms with van der Waals surface area (Å²) in [6.07, 6.45) is -1.51. The van der Waals surface area contributed by atoms with E-state index in [2.05, 4.69) is 10.4 Å². The molecular weight excluding hydrogens is 195 g/mol. The van der Waals surface area contributed by atoms with Crippen LogP contribution in [0.1, 0.15) is 18.0 Å². The molecule has 6 heteroatoms. The summed E-state index contributed by atoms with van der Waals surface area (Å²) in [5.41, 5.74) is -0.676. The van der Waals surface area contributed by atoms with Crippen molar-refractivity contribution in [1.82, 2.24) is 15.1 Å². The summed E-state index contributed by atoms with van der Waals surface area (Å²) in [6, 6.07) is 0.0612. The molecule has 0 saturated carbocycles. The predicted octanol–water partition coefficient (Wildman–Crippen LogP) is 1.44. The van der Waals surface area contributed by atoms with E-state index in [1.807, 2.05) is 0 Å². The number of aromatic nitrogens is 2. The maximum absolute atomic E-state index is 12.2. The third-order valence-electron chi connectivity index (χ3n) is 2.34. The van der Waals surface area contributed by atoms with Crippen molar-refractivity contribution in [3.05, 3.63) is 18.0 Å². The van der Waals surface area contributed by atoms with Crippen LogP contribution in [0.25, 0.3) is 0 Å². The minimum Gasteiger partial charge on any atom is -0.315 e. The van der Waals surface area contributed by atoms with Gasteiger partial charge < -0.3 is 5.32 Å². The van der Waals surface area contributed by atoms with Crippen molar-refractivity contribution in [1.29, 1.82) is 0 Å². The molecule has 1 unspecified atom stereocenters. The first kappa shape index (κ1) is 9.51. The highest BCUT2D eigenvalue weighted by atomic mass is 19.4. The maximum atomic E-state index is 12.2. The van der Waals surface area contributed by atoms with Gasteiger partial charge in [-0.25, -0.2) is 0 Å². The number of hydrogen-bond donors (Lipinski definition) is 1. The molecule has 2 heterocycles. The van der Waals surface area contributed by atoms with Crippen molar-refractivity contribution < 1.29 is 13.2 Å². The average Bonchev–Trinajstić information content (AvgIpc) is 2.73.